The second kappa shape index (κ2) is 11.4. The summed E-state index contributed by atoms with van der Waals surface area (Å²) in [6, 6.07) is 18.1. The molecule has 0 bridgehead atoms. The van der Waals surface area contributed by atoms with Crippen molar-refractivity contribution < 1.29 is 24.4 Å². The summed E-state index contributed by atoms with van der Waals surface area (Å²) in [5.41, 5.74) is 4.05. The number of aromatic nitrogens is 1. The van der Waals surface area contributed by atoms with E-state index < -0.39 is 16.9 Å². The number of amides is 4. The first-order valence-electron chi connectivity index (χ1n) is 12.9. The van der Waals surface area contributed by atoms with Crippen LogP contribution in [0.25, 0.3) is 17.0 Å². The molecular formula is C30H26N6O6. The Kier molecular flexibility index (Phi) is 7.52. The van der Waals surface area contributed by atoms with Crippen LogP contribution in [0.1, 0.15) is 29.2 Å². The fourth-order valence-electron chi connectivity index (χ4n) is 4.60. The Balaban J connectivity index is 1.57. The molecule has 12 nitrogen and oxygen atoms in total. The Hall–Kier alpha value is -5.78. The van der Waals surface area contributed by atoms with E-state index in [-0.39, 0.29) is 23.2 Å². The standard InChI is InChI=1S/C30H26N6O6/c1-17(37)31-14-13-18-3-7-20(8-4-18)27(26-23-16-22(36(41)42)11-12-24(23)33-29(26)39)32-21-9-5-19(6-10-21)15-25-28(38)34-30(40)35(25)2/h3-12,15-16,33,39H,13-14H2,1-2H3,(H,31,37)(H,34,38,40)/b25-15-,32-27?. The minimum atomic E-state index is -0.503. The summed E-state index contributed by atoms with van der Waals surface area (Å²) < 4.78 is 0. The molecule has 1 saturated heterocycles. The molecule has 1 aliphatic rings. The number of imide groups is 1. The fraction of sp³-hybridized carbons (Fsp3) is 0.133. The maximum atomic E-state index is 12.1. The number of aromatic hydroxyl groups is 1. The van der Waals surface area contributed by atoms with Gasteiger partial charge in [0.25, 0.3) is 11.6 Å². The number of rotatable bonds is 8. The number of aliphatic imine (C=N–C) groups is 1. The molecule has 0 aliphatic carbocycles. The summed E-state index contributed by atoms with van der Waals surface area (Å²) in [7, 11) is 1.50. The van der Waals surface area contributed by atoms with Gasteiger partial charge < -0.3 is 15.4 Å². The van der Waals surface area contributed by atoms with E-state index in [1.165, 1.54) is 37.1 Å². The minimum Gasteiger partial charge on any atom is -0.494 e. The van der Waals surface area contributed by atoms with Gasteiger partial charge in [0.2, 0.25) is 5.91 Å². The molecule has 212 valence electrons. The van der Waals surface area contributed by atoms with E-state index in [2.05, 4.69) is 15.6 Å². The number of H-pyrrole nitrogens is 1. The van der Waals surface area contributed by atoms with Gasteiger partial charge in [-0.2, -0.15) is 0 Å². The summed E-state index contributed by atoms with van der Waals surface area (Å²) in [6.07, 6.45) is 2.20. The van der Waals surface area contributed by atoms with Gasteiger partial charge in [-0.3, -0.25) is 29.9 Å². The van der Waals surface area contributed by atoms with Gasteiger partial charge >= 0.3 is 6.03 Å². The fourth-order valence-corrected chi connectivity index (χ4v) is 4.60. The van der Waals surface area contributed by atoms with Gasteiger partial charge in [0.05, 0.1) is 21.9 Å². The van der Waals surface area contributed by atoms with E-state index in [4.69, 9.17) is 4.99 Å². The number of hydrogen-bond acceptors (Lipinski definition) is 7. The first-order chi connectivity index (χ1) is 20.1. The zero-order chi connectivity index (χ0) is 30.0. The lowest BCUT2D eigenvalue weighted by molar-refractivity contribution is -0.384. The molecule has 0 atom stereocenters. The summed E-state index contributed by atoms with van der Waals surface area (Å²) in [4.78, 5) is 54.9. The summed E-state index contributed by atoms with van der Waals surface area (Å²) >= 11 is 0. The number of nitrogens with one attached hydrogen (secondary N) is 3. The van der Waals surface area contributed by atoms with Gasteiger partial charge in [-0.1, -0.05) is 36.4 Å². The average molecular weight is 567 g/mol. The molecule has 0 spiro atoms. The third-order valence-electron chi connectivity index (χ3n) is 6.78. The van der Waals surface area contributed by atoms with Crippen molar-refractivity contribution in [3.8, 4) is 5.88 Å². The quantitative estimate of drug-likeness (QED) is 0.0821. The molecule has 0 unspecified atom stereocenters. The normalized spacial score (nSPS) is 14.5. The number of likely N-dealkylation sites (N-methyl/N-ethyl adjacent to an activating group) is 1. The van der Waals surface area contributed by atoms with Gasteiger partial charge in [0, 0.05) is 49.1 Å². The van der Waals surface area contributed by atoms with Crippen LogP contribution in [0.15, 0.2) is 77.4 Å². The van der Waals surface area contributed by atoms with Crippen LogP contribution in [-0.4, -0.2) is 57.1 Å². The van der Waals surface area contributed by atoms with Crippen molar-refractivity contribution in [2.45, 2.75) is 13.3 Å². The predicted octanol–water partition coefficient (Wildman–Crippen LogP) is 4.15. The number of nitrogens with zero attached hydrogens (tertiary/aromatic N) is 3. The van der Waals surface area contributed by atoms with Gasteiger partial charge in [-0.25, -0.2) is 9.79 Å². The zero-order valence-electron chi connectivity index (χ0n) is 22.7. The Labute approximate surface area is 239 Å². The Morgan fingerprint density at radius 2 is 1.81 bits per heavy atom. The third-order valence-corrected chi connectivity index (χ3v) is 6.78. The molecule has 4 aromatic rings. The number of urea groups is 1. The lowest BCUT2D eigenvalue weighted by Crippen LogP contribution is -2.24. The molecule has 5 rings (SSSR count). The third kappa shape index (κ3) is 5.72. The molecule has 4 amide bonds. The van der Waals surface area contributed by atoms with E-state index in [1.54, 1.807) is 30.3 Å². The van der Waals surface area contributed by atoms with Crippen LogP contribution in [0.2, 0.25) is 0 Å². The van der Waals surface area contributed by atoms with Crippen LogP contribution in [0.4, 0.5) is 16.2 Å². The minimum absolute atomic E-state index is 0.112. The molecule has 4 N–H and O–H groups in total. The SMILES string of the molecule is CC(=O)NCCc1ccc(C(=Nc2ccc(/C=C3/C(=O)NC(=O)N3C)cc2)c2c(O)[nH]c3ccc([N+](=O)[O-])cc23)cc1. The van der Waals surface area contributed by atoms with Crippen molar-refractivity contribution in [2.24, 2.45) is 4.99 Å². The van der Waals surface area contributed by atoms with E-state index in [9.17, 15) is 29.6 Å². The molecule has 42 heavy (non-hydrogen) atoms. The van der Waals surface area contributed by atoms with E-state index in [1.807, 2.05) is 24.3 Å². The Morgan fingerprint density at radius 3 is 2.43 bits per heavy atom. The number of carbonyl (C=O) groups is 3. The highest BCUT2D eigenvalue weighted by Gasteiger charge is 2.29. The second-order valence-corrected chi connectivity index (χ2v) is 9.67. The second-order valence-electron chi connectivity index (χ2n) is 9.67. The number of nitro benzene ring substituents is 1. The van der Waals surface area contributed by atoms with Crippen LogP contribution < -0.4 is 10.6 Å². The van der Waals surface area contributed by atoms with Gasteiger partial charge in [-0.15, -0.1) is 0 Å². The first-order valence-corrected chi connectivity index (χ1v) is 12.9. The molecule has 2 heterocycles. The molecule has 3 aromatic carbocycles. The largest absolute Gasteiger partial charge is 0.494 e. The van der Waals surface area contributed by atoms with Gasteiger partial charge in [0.15, 0.2) is 5.88 Å². The average Bonchev–Trinajstić information content (AvgIpc) is 3.41. The number of benzene rings is 3. The van der Waals surface area contributed by atoms with Crippen molar-refractivity contribution >= 4 is 51.9 Å². The van der Waals surface area contributed by atoms with Gasteiger partial charge in [0.1, 0.15) is 5.70 Å². The molecule has 1 aliphatic heterocycles. The lowest BCUT2D eigenvalue weighted by Gasteiger charge is -2.10. The number of nitro groups is 1. The number of non-ortho nitro benzene ring substituents is 1. The van der Waals surface area contributed by atoms with Crippen LogP contribution >= 0.6 is 0 Å². The van der Waals surface area contributed by atoms with Crippen LogP contribution in [0, 0.1) is 10.1 Å². The summed E-state index contributed by atoms with van der Waals surface area (Å²) in [5.74, 6) is -0.796. The van der Waals surface area contributed by atoms with Crippen LogP contribution in [-0.2, 0) is 16.0 Å². The topological polar surface area (TPSA) is 170 Å². The highest BCUT2D eigenvalue weighted by atomic mass is 16.6. The Morgan fingerprint density at radius 1 is 1.10 bits per heavy atom. The predicted molar refractivity (Wildman–Crippen MR) is 156 cm³/mol. The summed E-state index contributed by atoms with van der Waals surface area (Å²) in [6.45, 7) is 1.94. The monoisotopic (exact) mass is 566 g/mol. The highest BCUT2D eigenvalue weighted by Crippen LogP contribution is 2.34. The lowest BCUT2D eigenvalue weighted by atomic mass is 9.98. The van der Waals surface area contributed by atoms with Crippen LogP contribution in [0.3, 0.4) is 0 Å². The molecule has 1 fully saturated rings. The number of hydrogen-bond donors (Lipinski definition) is 4. The molecule has 12 heteroatoms. The van der Waals surface area contributed by atoms with Gasteiger partial charge in [-0.05, 0) is 41.8 Å². The van der Waals surface area contributed by atoms with E-state index in [0.29, 0.717) is 52.0 Å². The zero-order valence-corrected chi connectivity index (χ0v) is 22.7. The maximum absolute atomic E-state index is 12.1. The van der Waals surface area contributed by atoms with Crippen molar-refractivity contribution in [2.75, 3.05) is 13.6 Å². The molecule has 0 saturated carbocycles. The van der Waals surface area contributed by atoms with Crippen molar-refractivity contribution in [3.05, 3.63) is 105 Å². The summed E-state index contributed by atoms with van der Waals surface area (Å²) in [5, 5.41) is 27.9. The molecular weight excluding hydrogens is 540 g/mol. The number of carbonyl (C=O) groups excluding carboxylic acids is 3. The van der Waals surface area contributed by atoms with Crippen molar-refractivity contribution in [1.29, 1.82) is 0 Å². The first kappa shape index (κ1) is 27.8. The van der Waals surface area contributed by atoms with Crippen molar-refractivity contribution in [3.63, 3.8) is 0 Å². The van der Waals surface area contributed by atoms with Crippen LogP contribution in [0.5, 0.6) is 5.88 Å². The maximum Gasteiger partial charge on any atom is 0.328 e. The van der Waals surface area contributed by atoms with E-state index in [0.717, 1.165) is 5.56 Å². The number of fused-ring (bicyclic) bond motifs is 1. The van der Waals surface area contributed by atoms with E-state index >= 15 is 0 Å². The number of aromatic amines is 1. The Bertz CT molecular complexity index is 1790. The molecule has 0 radical (unpaired) electrons. The van der Waals surface area contributed by atoms with Crippen molar-refractivity contribution in [1.82, 2.24) is 20.5 Å². The molecule has 1 aromatic heterocycles. The highest BCUT2D eigenvalue weighted by molar-refractivity contribution is 6.22. The smallest absolute Gasteiger partial charge is 0.328 e.